The Bertz CT molecular complexity index is 1390. The van der Waals surface area contributed by atoms with Gasteiger partial charge in [-0.3, -0.25) is 4.90 Å². The minimum atomic E-state index is -3.55. The topological polar surface area (TPSA) is 96.1 Å². The van der Waals surface area contributed by atoms with Crippen molar-refractivity contribution in [2.24, 2.45) is 0 Å². The summed E-state index contributed by atoms with van der Waals surface area (Å²) in [7, 11) is -3.55. The number of nitrogen functional groups attached to an aromatic ring is 1. The SMILES string of the molecule is C=COc1cc(/C=C/c2ccc(S(=O)(=O)N3CCN(CCO)CC3)cc2)ccc1/C=C/c1ccc(N)cc1. The lowest BCUT2D eigenvalue weighted by Crippen LogP contribution is -2.49. The van der Waals surface area contributed by atoms with Gasteiger partial charge in [0.05, 0.1) is 17.8 Å². The van der Waals surface area contributed by atoms with Crippen molar-refractivity contribution in [3.05, 3.63) is 102 Å². The van der Waals surface area contributed by atoms with Gasteiger partial charge in [-0.2, -0.15) is 4.31 Å². The fourth-order valence-electron chi connectivity index (χ4n) is 4.20. The summed E-state index contributed by atoms with van der Waals surface area (Å²) in [5.74, 6) is 0.675. The normalized spacial score (nSPS) is 15.3. The first-order valence-corrected chi connectivity index (χ1v) is 13.9. The predicted octanol–water partition coefficient (Wildman–Crippen LogP) is 4.43. The van der Waals surface area contributed by atoms with E-state index in [1.807, 2.05) is 66.8 Å². The van der Waals surface area contributed by atoms with Gasteiger partial charge in [0.2, 0.25) is 10.0 Å². The molecule has 0 spiro atoms. The van der Waals surface area contributed by atoms with E-state index in [0.29, 0.717) is 38.5 Å². The first kappa shape index (κ1) is 27.3. The van der Waals surface area contributed by atoms with Gasteiger partial charge in [0.25, 0.3) is 0 Å². The molecule has 4 rings (SSSR count). The second-order valence-corrected chi connectivity index (χ2v) is 10.9. The maximum Gasteiger partial charge on any atom is 0.243 e. The van der Waals surface area contributed by atoms with E-state index in [9.17, 15) is 8.42 Å². The van der Waals surface area contributed by atoms with Gasteiger partial charge in [-0.05, 0) is 47.0 Å². The number of benzene rings is 3. The van der Waals surface area contributed by atoms with Crippen LogP contribution in [0.5, 0.6) is 5.75 Å². The van der Waals surface area contributed by atoms with Gasteiger partial charge >= 0.3 is 0 Å². The van der Waals surface area contributed by atoms with Crippen molar-refractivity contribution >= 4 is 40.0 Å². The third kappa shape index (κ3) is 6.99. The standard InChI is InChI=1S/C30H33N3O4S/c1-2-37-30-23-26(6-12-27(30)11-5-25-7-13-28(31)14-8-25)4-3-24-9-15-29(16-10-24)38(35,36)33-19-17-32(18-20-33)21-22-34/h2-16,23,34H,1,17-22,31H2/b4-3+,11-5+. The smallest absolute Gasteiger partial charge is 0.243 e. The van der Waals surface area contributed by atoms with Gasteiger partial charge < -0.3 is 15.6 Å². The monoisotopic (exact) mass is 531 g/mol. The molecule has 0 bridgehead atoms. The lowest BCUT2D eigenvalue weighted by atomic mass is 10.1. The molecular weight excluding hydrogens is 498 g/mol. The number of nitrogens with two attached hydrogens (primary N) is 1. The van der Waals surface area contributed by atoms with Gasteiger partial charge in [0.1, 0.15) is 5.75 Å². The molecule has 0 unspecified atom stereocenters. The van der Waals surface area contributed by atoms with E-state index in [1.54, 1.807) is 24.3 Å². The molecule has 1 saturated heterocycles. The fraction of sp³-hybridized carbons (Fsp3) is 0.200. The number of piperazine rings is 1. The Hall–Kier alpha value is -3.69. The highest BCUT2D eigenvalue weighted by Crippen LogP contribution is 2.25. The number of aliphatic hydroxyl groups excluding tert-OH is 1. The maximum absolute atomic E-state index is 13.0. The van der Waals surface area contributed by atoms with Crippen molar-refractivity contribution in [1.29, 1.82) is 0 Å². The highest BCUT2D eigenvalue weighted by Gasteiger charge is 2.28. The average Bonchev–Trinajstić information content (AvgIpc) is 2.93. The number of sulfonamides is 1. The molecule has 0 saturated carbocycles. The zero-order chi connectivity index (χ0) is 27.0. The van der Waals surface area contributed by atoms with E-state index in [4.69, 9.17) is 15.6 Å². The molecule has 1 aliphatic rings. The lowest BCUT2D eigenvalue weighted by molar-refractivity contribution is 0.151. The number of hydrogen-bond acceptors (Lipinski definition) is 6. The molecule has 0 radical (unpaired) electrons. The zero-order valence-corrected chi connectivity index (χ0v) is 22.1. The highest BCUT2D eigenvalue weighted by molar-refractivity contribution is 7.89. The van der Waals surface area contributed by atoms with Crippen molar-refractivity contribution in [3.8, 4) is 5.75 Å². The molecule has 0 amide bonds. The Balaban J connectivity index is 1.44. The van der Waals surface area contributed by atoms with Crippen LogP contribution in [0.2, 0.25) is 0 Å². The second kappa shape index (κ2) is 12.7. The van der Waals surface area contributed by atoms with Gasteiger partial charge in [0, 0.05) is 44.0 Å². The Labute approximate surface area is 224 Å². The van der Waals surface area contributed by atoms with E-state index < -0.39 is 10.0 Å². The first-order valence-electron chi connectivity index (χ1n) is 12.5. The number of ether oxygens (including phenoxy) is 1. The van der Waals surface area contributed by atoms with Crippen LogP contribution in [0.15, 0.2) is 84.5 Å². The van der Waals surface area contributed by atoms with E-state index in [0.717, 1.165) is 27.9 Å². The Kier molecular flexibility index (Phi) is 9.15. The fourth-order valence-corrected chi connectivity index (χ4v) is 5.63. The Morgan fingerprint density at radius 1 is 0.842 bits per heavy atom. The van der Waals surface area contributed by atoms with Gasteiger partial charge in [-0.1, -0.05) is 67.3 Å². The van der Waals surface area contributed by atoms with E-state index in [-0.39, 0.29) is 11.5 Å². The number of anilines is 1. The second-order valence-electron chi connectivity index (χ2n) is 8.95. The maximum atomic E-state index is 13.0. The summed E-state index contributed by atoms with van der Waals surface area (Å²) >= 11 is 0. The molecule has 1 aliphatic heterocycles. The number of rotatable bonds is 10. The van der Waals surface area contributed by atoms with Crippen LogP contribution in [0.25, 0.3) is 24.3 Å². The molecule has 38 heavy (non-hydrogen) atoms. The summed E-state index contributed by atoms with van der Waals surface area (Å²) < 4.78 is 33.2. The third-order valence-corrected chi connectivity index (χ3v) is 8.29. The summed E-state index contributed by atoms with van der Waals surface area (Å²) in [6, 6.07) is 20.4. The molecule has 0 aromatic heterocycles. The van der Waals surface area contributed by atoms with Crippen LogP contribution in [0, 0.1) is 0 Å². The number of hydrogen-bond donors (Lipinski definition) is 2. The number of aliphatic hydroxyl groups is 1. The zero-order valence-electron chi connectivity index (χ0n) is 21.2. The van der Waals surface area contributed by atoms with Crippen molar-refractivity contribution in [2.75, 3.05) is 45.1 Å². The summed E-state index contributed by atoms with van der Waals surface area (Å²) in [4.78, 5) is 2.35. The first-order chi connectivity index (χ1) is 18.4. The molecule has 8 heteroatoms. The summed E-state index contributed by atoms with van der Waals surface area (Å²) in [6.45, 7) is 6.41. The molecule has 3 aromatic rings. The molecule has 1 fully saturated rings. The minimum Gasteiger partial charge on any atom is -0.465 e. The van der Waals surface area contributed by atoms with E-state index >= 15 is 0 Å². The number of nitrogens with zero attached hydrogens (tertiary/aromatic N) is 2. The van der Waals surface area contributed by atoms with Crippen LogP contribution in [0.1, 0.15) is 22.3 Å². The molecular formula is C30H33N3O4S. The molecule has 198 valence electrons. The minimum absolute atomic E-state index is 0.0794. The van der Waals surface area contributed by atoms with Crippen LogP contribution in [-0.4, -0.2) is 62.1 Å². The quantitative estimate of drug-likeness (QED) is 0.228. The molecule has 7 nitrogen and oxygen atoms in total. The van der Waals surface area contributed by atoms with Crippen LogP contribution in [0.4, 0.5) is 5.69 Å². The molecule has 1 heterocycles. The van der Waals surface area contributed by atoms with Crippen LogP contribution in [-0.2, 0) is 10.0 Å². The van der Waals surface area contributed by atoms with Gasteiger partial charge in [-0.15, -0.1) is 0 Å². The third-order valence-electron chi connectivity index (χ3n) is 6.37. The summed E-state index contributed by atoms with van der Waals surface area (Å²) in [5, 5.41) is 9.09. The van der Waals surface area contributed by atoms with Crippen molar-refractivity contribution in [2.45, 2.75) is 4.90 Å². The van der Waals surface area contributed by atoms with E-state index in [2.05, 4.69) is 11.5 Å². The molecule has 3 aromatic carbocycles. The summed E-state index contributed by atoms with van der Waals surface area (Å²) in [6.07, 6.45) is 9.25. The van der Waals surface area contributed by atoms with Crippen LogP contribution in [0.3, 0.4) is 0 Å². The van der Waals surface area contributed by atoms with E-state index in [1.165, 1.54) is 10.6 Å². The lowest BCUT2D eigenvalue weighted by Gasteiger charge is -2.33. The van der Waals surface area contributed by atoms with Crippen LogP contribution >= 0.6 is 0 Å². The van der Waals surface area contributed by atoms with Crippen LogP contribution < -0.4 is 10.5 Å². The molecule has 0 atom stereocenters. The van der Waals surface area contributed by atoms with Crippen molar-refractivity contribution in [3.63, 3.8) is 0 Å². The van der Waals surface area contributed by atoms with Crippen molar-refractivity contribution in [1.82, 2.24) is 9.21 Å². The Morgan fingerprint density at radius 2 is 1.42 bits per heavy atom. The highest BCUT2D eigenvalue weighted by atomic mass is 32.2. The molecule has 0 aliphatic carbocycles. The average molecular weight is 532 g/mol. The largest absolute Gasteiger partial charge is 0.465 e. The Morgan fingerprint density at radius 3 is 2.05 bits per heavy atom. The summed E-state index contributed by atoms with van der Waals surface area (Å²) in [5.41, 5.74) is 10.2. The number of β-amino-alcohol motifs (C(OH)–C–C–N with tert-alkyl or cyclic N) is 1. The predicted molar refractivity (Wildman–Crippen MR) is 155 cm³/mol. The van der Waals surface area contributed by atoms with Gasteiger partial charge in [0.15, 0.2) is 0 Å². The van der Waals surface area contributed by atoms with Gasteiger partial charge in [-0.25, -0.2) is 8.42 Å². The molecule has 3 N–H and O–H groups in total. The van der Waals surface area contributed by atoms with Crippen molar-refractivity contribution < 1.29 is 18.3 Å².